The lowest BCUT2D eigenvalue weighted by molar-refractivity contribution is 0.0981. The van der Waals surface area contributed by atoms with Gasteiger partial charge in [0.25, 0.3) is 15.9 Å². The third-order valence-corrected chi connectivity index (χ3v) is 8.38. The fourth-order valence-electron chi connectivity index (χ4n) is 5.08. The van der Waals surface area contributed by atoms with Crippen LogP contribution in [0.25, 0.3) is 11.3 Å². The molecule has 4 heterocycles. The molecule has 4 rings (SSSR count). The molecule has 0 saturated carbocycles. The van der Waals surface area contributed by atoms with Crippen molar-refractivity contribution in [3.8, 4) is 11.3 Å². The van der Waals surface area contributed by atoms with Crippen molar-refractivity contribution in [2.75, 3.05) is 29.1 Å². The van der Waals surface area contributed by atoms with Gasteiger partial charge in [-0.3, -0.25) is 4.79 Å². The number of aryl methyl sites for hydroxylation is 1. The maximum Gasteiger partial charge on any atom is 0.281 e. The van der Waals surface area contributed by atoms with E-state index in [1.165, 1.54) is 18.2 Å². The highest BCUT2D eigenvalue weighted by Crippen LogP contribution is 2.38. The first-order valence-electron chi connectivity index (χ1n) is 13.0. The molecule has 208 valence electrons. The number of rotatable bonds is 7. The van der Waals surface area contributed by atoms with Crippen LogP contribution in [0.15, 0.2) is 47.6 Å². The number of nitrogens with one attached hydrogen (secondary N) is 1. The Kier molecular flexibility index (Phi) is 7.57. The van der Waals surface area contributed by atoms with E-state index < -0.39 is 15.9 Å². The number of sulfonamides is 1. The summed E-state index contributed by atoms with van der Waals surface area (Å²) in [5.74, 6) is 0.943. The number of carbonyl (C=O) groups is 1. The Morgan fingerprint density at radius 3 is 2.51 bits per heavy atom. The maximum atomic E-state index is 13.4. The number of pyridine rings is 3. The normalized spacial score (nSPS) is 16.9. The van der Waals surface area contributed by atoms with Gasteiger partial charge in [-0.1, -0.05) is 13.0 Å². The van der Waals surface area contributed by atoms with Crippen molar-refractivity contribution in [2.45, 2.75) is 64.6 Å². The van der Waals surface area contributed by atoms with Gasteiger partial charge in [0.05, 0.1) is 11.3 Å². The Balaban J connectivity index is 1.77. The zero-order chi connectivity index (χ0) is 28.7. The molecule has 1 amide bonds. The van der Waals surface area contributed by atoms with Gasteiger partial charge in [0.1, 0.15) is 17.5 Å². The predicted octanol–water partition coefficient (Wildman–Crippen LogP) is 4.02. The van der Waals surface area contributed by atoms with Gasteiger partial charge in [-0.05, 0) is 82.9 Å². The predicted molar refractivity (Wildman–Crippen MR) is 154 cm³/mol. The molecule has 0 radical (unpaired) electrons. The monoisotopic (exact) mass is 551 g/mol. The second-order valence-electron chi connectivity index (χ2n) is 11.2. The summed E-state index contributed by atoms with van der Waals surface area (Å²) in [5.41, 5.74) is 7.99. The van der Waals surface area contributed by atoms with E-state index in [-0.39, 0.29) is 21.9 Å². The molecule has 0 spiro atoms. The number of amides is 1. The van der Waals surface area contributed by atoms with E-state index in [2.05, 4.69) is 59.1 Å². The van der Waals surface area contributed by atoms with Crippen molar-refractivity contribution >= 4 is 33.4 Å². The van der Waals surface area contributed by atoms with Crippen LogP contribution in [0, 0.1) is 12.8 Å². The highest BCUT2D eigenvalue weighted by atomic mass is 32.2. The minimum Gasteiger partial charge on any atom is -0.384 e. The van der Waals surface area contributed by atoms with Crippen molar-refractivity contribution in [2.24, 2.45) is 5.92 Å². The SMILES string of the molecule is Cc1cc(-c2ccc(C(=O)NS(=O)(=O)c3cccc(N)n3)c(N3C[C@@H](C)CC3(C)C)n2)cnc1N(C)C(C)C. The van der Waals surface area contributed by atoms with Crippen LogP contribution < -0.4 is 20.3 Å². The Morgan fingerprint density at radius 2 is 1.92 bits per heavy atom. The van der Waals surface area contributed by atoms with Crippen LogP contribution >= 0.6 is 0 Å². The fourth-order valence-corrected chi connectivity index (χ4v) is 6.02. The zero-order valence-electron chi connectivity index (χ0n) is 23.6. The number of carbonyl (C=O) groups excluding carboxylic acids is 1. The Morgan fingerprint density at radius 1 is 1.21 bits per heavy atom. The number of nitrogen functional groups attached to an aromatic ring is 1. The van der Waals surface area contributed by atoms with Crippen molar-refractivity contribution in [3.63, 3.8) is 0 Å². The van der Waals surface area contributed by atoms with Crippen LogP contribution in [0.4, 0.5) is 17.5 Å². The quantitative estimate of drug-likeness (QED) is 0.446. The van der Waals surface area contributed by atoms with Gasteiger partial charge in [0.2, 0.25) is 0 Å². The number of aromatic nitrogens is 3. The first kappa shape index (κ1) is 28.3. The number of nitrogens with zero attached hydrogens (tertiary/aromatic N) is 5. The molecule has 1 saturated heterocycles. The summed E-state index contributed by atoms with van der Waals surface area (Å²) in [6.07, 6.45) is 2.68. The average molecular weight is 552 g/mol. The minimum absolute atomic E-state index is 0.0411. The van der Waals surface area contributed by atoms with Crippen LogP contribution in [0.5, 0.6) is 0 Å². The molecule has 0 aliphatic carbocycles. The molecule has 0 bridgehead atoms. The summed E-state index contributed by atoms with van der Waals surface area (Å²) in [6.45, 7) is 13.3. The van der Waals surface area contributed by atoms with E-state index in [0.29, 0.717) is 30.0 Å². The first-order valence-corrected chi connectivity index (χ1v) is 14.5. The van der Waals surface area contributed by atoms with Gasteiger partial charge < -0.3 is 15.5 Å². The second-order valence-corrected chi connectivity index (χ2v) is 12.8. The molecule has 0 unspecified atom stereocenters. The summed E-state index contributed by atoms with van der Waals surface area (Å²) in [6, 6.07) is 9.90. The van der Waals surface area contributed by atoms with Gasteiger partial charge in [-0.25, -0.2) is 19.7 Å². The van der Waals surface area contributed by atoms with E-state index in [1.807, 2.05) is 20.0 Å². The molecule has 1 fully saturated rings. The topological polar surface area (TPSA) is 134 Å². The van der Waals surface area contributed by atoms with Gasteiger partial charge in [-0.2, -0.15) is 8.42 Å². The summed E-state index contributed by atoms with van der Waals surface area (Å²) in [4.78, 5) is 31.1. The van der Waals surface area contributed by atoms with E-state index in [4.69, 9.17) is 10.7 Å². The molecule has 3 aromatic rings. The summed E-state index contributed by atoms with van der Waals surface area (Å²) in [5, 5.41) is -0.329. The fraction of sp³-hybridized carbons (Fsp3) is 0.429. The molecule has 1 atom stereocenters. The highest BCUT2D eigenvalue weighted by Gasteiger charge is 2.39. The molecule has 0 aromatic carbocycles. The van der Waals surface area contributed by atoms with Crippen LogP contribution in [0.1, 0.15) is 57.0 Å². The molecule has 3 aromatic heterocycles. The smallest absolute Gasteiger partial charge is 0.281 e. The van der Waals surface area contributed by atoms with Crippen LogP contribution in [-0.2, 0) is 10.0 Å². The average Bonchev–Trinajstić information content (AvgIpc) is 3.14. The number of anilines is 3. The number of hydrogen-bond donors (Lipinski definition) is 2. The molecule has 10 nitrogen and oxygen atoms in total. The van der Waals surface area contributed by atoms with Crippen molar-refractivity contribution in [1.82, 2.24) is 19.7 Å². The lowest BCUT2D eigenvalue weighted by Gasteiger charge is -2.34. The second kappa shape index (κ2) is 10.4. The molecule has 1 aliphatic rings. The van der Waals surface area contributed by atoms with Gasteiger partial charge in [0, 0.05) is 36.9 Å². The zero-order valence-corrected chi connectivity index (χ0v) is 24.4. The number of hydrogen-bond acceptors (Lipinski definition) is 9. The molecular formula is C28H37N7O3S. The molecular weight excluding hydrogens is 514 g/mol. The van der Waals surface area contributed by atoms with Gasteiger partial charge in [0.15, 0.2) is 5.03 Å². The first-order chi connectivity index (χ1) is 18.2. The lowest BCUT2D eigenvalue weighted by atomic mass is 9.97. The van der Waals surface area contributed by atoms with Crippen LogP contribution in [-0.4, -0.2) is 54.5 Å². The Labute approximate surface area is 230 Å². The van der Waals surface area contributed by atoms with Crippen molar-refractivity contribution in [3.05, 3.63) is 53.7 Å². The summed E-state index contributed by atoms with van der Waals surface area (Å²) < 4.78 is 28.0. The molecule has 1 aliphatic heterocycles. The van der Waals surface area contributed by atoms with Gasteiger partial charge in [-0.15, -0.1) is 0 Å². The van der Waals surface area contributed by atoms with E-state index in [0.717, 1.165) is 23.4 Å². The third kappa shape index (κ3) is 5.83. The Bertz CT molecular complexity index is 1500. The maximum absolute atomic E-state index is 13.4. The summed E-state index contributed by atoms with van der Waals surface area (Å²) >= 11 is 0. The molecule has 39 heavy (non-hydrogen) atoms. The van der Waals surface area contributed by atoms with Crippen LogP contribution in [0.2, 0.25) is 0 Å². The number of nitrogens with two attached hydrogens (primary N) is 1. The lowest BCUT2D eigenvalue weighted by Crippen LogP contribution is -2.41. The largest absolute Gasteiger partial charge is 0.384 e. The highest BCUT2D eigenvalue weighted by molar-refractivity contribution is 7.90. The minimum atomic E-state index is -4.25. The van der Waals surface area contributed by atoms with E-state index in [9.17, 15) is 13.2 Å². The van der Waals surface area contributed by atoms with E-state index in [1.54, 1.807) is 18.3 Å². The van der Waals surface area contributed by atoms with Crippen molar-refractivity contribution < 1.29 is 13.2 Å². The van der Waals surface area contributed by atoms with Crippen molar-refractivity contribution in [1.29, 1.82) is 0 Å². The molecule has 11 heteroatoms. The van der Waals surface area contributed by atoms with E-state index >= 15 is 0 Å². The van der Waals surface area contributed by atoms with Crippen LogP contribution in [0.3, 0.4) is 0 Å². The Hall–Kier alpha value is -3.73. The summed E-state index contributed by atoms with van der Waals surface area (Å²) in [7, 11) is -2.24. The molecule has 3 N–H and O–H groups in total. The van der Waals surface area contributed by atoms with Gasteiger partial charge >= 0.3 is 0 Å². The third-order valence-electron chi connectivity index (χ3n) is 7.15. The standard InChI is InChI=1S/C28H37N7O3S/c1-17(2)34(7)25-19(4)13-20(15-30-25)22-12-11-21(26(31-22)35-16-18(3)14-28(35,5)6)27(36)33-39(37,38)24-10-8-9-23(29)32-24/h8-13,15,17-18H,14,16H2,1-7H3,(H2,29,32)(H,33,36)/t18-/m0/s1.